The van der Waals surface area contributed by atoms with Gasteiger partial charge in [0.1, 0.15) is 11.6 Å². The Hall–Kier alpha value is -2.43. The van der Waals surface area contributed by atoms with Crippen molar-refractivity contribution >= 4 is 17.4 Å². The quantitative estimate of drug-likeness (QED) is 0.945. The zero-order valence-electron chi connectivity index (χ0n) is 12.5. The number of carbonyl (C=O) groups is 1. The monoisotopic (exact) mass is 299 g/mol. The second-order valence-corrected chi connectivity index (χ2v) is 5.48. The third-order valence-corrected chi connectivity index (χ3v) is 3.87. The van der Waals surface area contributed by atoms with E-state index >= 15 is 0 Å². The van der Waals surface area contributed by atoms with E-state index in [9.17, 15) is 9.18 Å². The number of nitrogens with one attached hydrogen (secondary N) is 1. The second-order valence-electron chi connectivity index (χ2n) is 5.48. The van der Waals surface area contributed by atoms with E-state index in [2.05, 4.69) is 15.2 Å². The van der Waals surface area contributed by atoms with Gasteiger partial charge in [0.25, 0.3) is 5.91 Å². The fourth-order valence-electron chi connectivity index (χ4n) is 2.71. The van der Waals surface area contributed by atoms with Crippen molar-refractivity contribution in [1.82, 2.24) is 4.98 Å². The van der Waals surface area contributed by atoms with E-state index in [0.29, 0.717) is 16.8 Å². The Morgan fingerprint density at radius 1 is 1.27 bits per heavy atom. The van der Waals surface area contributed by atoms with Gasteiger partial charge in [0.05, 0.1) is 5.56 Å². The maximum atomic E-state index is 13.1. The van der Waals surface area contributed by atoms with Gasteiger partial charge in [-0.1, -0.05) is 0 Å². The van der Waals surface area contributed by atoms with Gasteiger partial charge in [0, 0.05) is 25.0 Å². The van der Waals surface area contributed by atoms with Gasteiger partial charge in [-0.15, -0.1) is 0 Å². The summed E-state index contributed by atoms with van der Waals surface area (Å²) in [5, 5.41) is 2.85. The molecule has 2 aromatic rings. The molecule has 1 aliphatic heterocycles. The van der Waals surface area contributed by atoms with Crippen molar-refractivity contribution in [3.8, 4) is 0 Å². The average molecular weight is 299 g/mol. The SMILES string of the molecule is Cc1cc(F)ccc1NC(=O)c1cccnc1N1CCCC1. The summed E-state index contributed by atoms with van der Waals surface area (Å²) in [6.45, 7) is 3.61. The highest BCUT2D eigenvalue weighted by atomic mass is 19.1. The van der Waals surface area contributed by atoms with E-state index in [1.54, 1.807) is 31.3 Å². The summed E-state index contributed by atoms with van der Waals surface area (Å²) in [7, 11) is 0. The highest BCUT2D eigenvalue weighted by Gasteiger charge is 2.20. The first kappa shape index (κ1) is 14.5. The van der Waals surface area contributed by atoms with Crippen molar-refractivity contribution in [1.29, 1.82) is 0 Å². The van der Waals surface area contributed by atoms with Crippen LogP contribution in [0.5, 0.6) is 0 Å². The van der Waals surface area contributed by atoms with Crippen LogP contribution in [0.1, 0.15) is 28.8 Å². The molecule has 1 N–H and O–H groups in total. The molecule has 1 aromatic carbocycles. The largest absolute Gasteiger partial charge is 0.356 e. The lowest BCUT2D eigenvalue weighted by molar-refractivity contribution is 0.102. The first-order chi connectivity index (χ1) is 10.6. The zero-order chi connectivity index (χ0) is 15.5. The van der Waals surface area contributed by atoms with Gasteiger partial charge in [-0.25, -0.2) is 9.37 Å². The average Bonchev–Trinajstić information content (AvgIpc) is 3.04. The molecule has 1 saturated heterocycles. The number of hydrogen-bond acceptors (Lipinski definition) is 3. The van der Waals surface area contributed by atoms with Gasteiger partial charge in [-0.2, -0.15) is 0 Å². The van der Waals surface area contributed by atoms with Crippen LogP contribution in [0.3, 0.4) is 0 Å². The molecular weight excluding hydrogens is 281 g/mol. The number of rotatable bonds is 3. The number of anilines is 2. The highest BCUT2D eigenvalue weighted by molar-refractivity contribution is 6.07. The van der Waals surface area contributed by atoms with Crippen LogP contribution in [0, 0.1) is 12.7 Å². The van der Waals surface area contributed by atoms with E-state index in [0.717, 1.165) is 31.7 Å². The summed E-state index contributed by atoms with van der Waals surface area (Å²) >= 11 is 0. The Balaban J connectivity index is 1.86. The molecule has 22 heavy (non-hydrogen) atoms. The van der Waals surface area contributed by atoms with Crippen molar-refractivity contribution in [3.63, 3.8) is 0 Å². The molecule has 4 nitrogen and oxygen atoms in total. The van der Waals surface area contributed by atoms with Gasteiger partial charge in [0.2, 0.25) is 0 Å². The van der Waals surface area contributed by atoms with Crippen molar-refractivity contribution in [2.24, 2.45) is 0 Å². The second kappa shape index (κ2) is 6.13. The van der Waals surface area contributed by atoms with Crippen LogP contribution >= 0.6 is 0 Å². The third-order valence-electron chi connectivity index (χ3n) is 3.87. The topological polar surface area (TPSA) is 45.2 Å². The van der Waals surface area contributed by atoms with E-state index in [1.807, 2.05) is 0 Å². The minimum absolute atomic E-state index is 0.218. The number of nitrogens with zero attached hydrogens (tertiary/aromatic N) is 2. The van der Waals surface area contributed by atoms with Gasteiger partial charge in [0.15, 0.2) is 0 Å². The number of hydrogen-bond donors (Lipinski definition) is 1. The fourth-order valence-corrected chi connectivity index (χ4v) is 2.71. The molecule has 2 heterocycles. The van der Waals surface area contributed by atoms with Crippen LogP contribution in [-0.2, 0) is 0 Å². The molecule has 0 saturated carbocycles. The van der Waals surface area contributed by atoms with Gasteiger partial charge in [-0.3, -0.25) is 4.79 Å². The minimum atomic E-state index is -0.311. The zero-order valence-corrected chi connectivity index (χ0v) is 12.5. The van der Waals surface area contributed by atoms with E-state index < -0.39 is 0 Å². The molecule has 1 aliphatic rings. The van der Waals surface area contributed by atoms with E-state index in [1.165, 1.54) is 12.1 Å². The molecule has 0 aliphatic carbocycles. The van der Waals surface area contributed by atoms with Crippen LogP contribution in [0.25, 0.3) is 0 Å². The highest BCUT2D eigenvalue weighted by Crippen LogP contribution is 2.23. The number of aromatic nitrogens is 1. The molecule has 0 atom stereocenters. The first-order valence-corrected chi connectivity index (χ1v) is 7.42. The van der Waals surface area contributed by atoms with E-state index in [4.69, 9.17) is 0 Å². The lowest BCUT2D eigenvalue weighted by Crippen LogP contribution is -2.24. The summed E-state index contributed by atoms with van der Waals surface area (Å²) < 4.78 is 13.1. The molecule has 0 radical (unpaired) electrons. The minimum Gasteiger partial charge on any atom is -0.356 e. The lowest BCUT2D eigenvalue weighted by atomic mass is 10.1. The van der Waals surface area contributed by atoms with Gasteiger partial charge in [-0.05, 0) is 55.7 Å². The van der Waals surface area contributed by atoms with Crippen LogP contribution < -0.4 is 10.2 Å². The van der Waals surface area contributed by atoms with Crippen molar-refractivity contribution in [2.75, 3.05) is 23.3 Å². The summed E-state index contributed by atoms with van der Waals surface area (Å²) in [4.78, 5) is 19.1. The predicted molar refractivity (Wildman–Crippen MR) is 84.8 cm³/mol. The van der Waals surface area contributed by atoms with Crippen LogP contribution in [0.4, 0.5) is 15.9 Å². The molecule has 1 fully saturated rings. The fraction of sp³-hybridized carbons (Fsp3) is 0.294. The summed E-state index contributed by atoms with van der Waals surface area (Å²) in [5.74, 6) is 0.191. The van der Waals surface area contributed by atoms with Gasteiger partial charge < -0.3 is 10.2 Å². The Morgan fingerprint density at radius 2 is 2.05 bits per heavy atom. The van der Waals surface area contributed by atoms with Crippen LogP contribution in [-0.4, -0.2) is 24.0 Å². The molecule has 0 spiro atoms. The molecule has 5 heteroatoms. The maximum absolute atomic E-state index is 13.1. The molecular formula is C17H18FN3O. The number of amides is 1. The molecule has 1 amide bonds. The molecule has 0 bridgehead atoms. The number of carbonyl (C=O) groups excluding carboxylic acids is 1. The Bertz CT molecular complexity index is 696. The maximum Gasteiger partial charge on any atom is 0.259 e. The number of pyridine rings is 1. The molecule has 114 valence electrons. The normalized spacial score (nSPS) is 14.2. The first-order valence-electron chi connectivity index (χ1n) is 7.42. The van der Waals surface area contributed by atoms with E-state index in [-0.39, 0.29) is 11.7 Å². The summed E-state index contributed by atoms with van der Waals surface area (Å²) in [5.41, 5.74) is 1.86. The Morgan fingerprint density at radius 3 is 2.77 bits per heavy atom. The third kappa shape index (κ3) is 2.93. The van der Waals surface area contributed by atoms with Crippen molar-refractivity contribution in [3.05, 3.63) is 53.5 Å². The Kier molecular flexibility index (Phi) is 4.04. The standard InChI is InChI=1S/C17H18FN3O/c1-12-11-13(18)6-7-15(12)20-17(22)14-5-4-8-19-16(14)21-9-2-3-10-21/h4-8,11H,2-3,9-10H2,1H3,(H,20,22). The van der Waals surface area contributed by atoms with Crippen molar-refractivity contribution < 1.29 is 9.18 Å². The van der Waals surface area contributed by atoms with Gasteiger partial charge >= 0.3 is 0 Å². The smallest absolute Gasteiger partial charge is 0.259 e. The number of aryl methyl sites for hydroxylation is 1. The van der Waals surface area contributed by atoms with Crippen LogP contribution in [0.2, 0.25) is 0 Å². The lowest BCUT2D eigenvalue weighted by Gasteiger charge is -2.19. The molecule has 0 unspecified atom stereocenters. The number of halogens is 1. The Labute approximate surface area is 129 Å². The number of benzene rings is 1. The van der Waals surface area contributed by atoms with Crippen LogP contribution in [0.15, 0.2) is 36.5 Å². The molecule has 3 rings (SSSR count). The molecule has 1 aromatic heterocycles. The van der Waals surface area contributed by atoms with Crippen molar-refractivity contribution in [2.45, 2.75) is 19.8 Å². The summed E-state index contributed by atoms with van der Waals surface area (Å²) in [6.07, 6.45) is 3.94. The predicted octanol–water partition coefficient (Wildman–Crippen LogP) is 3.38. The summed E-state index contributed by atoms with van der Waals surface area (Å²) in [6, 6.07) is 7.85.